The summed E-state index contributed by atoms with van der Waals surface area (Å²) in [6.45, 7) is 1.96. The van der Waals surface area contributed by atoms with Crippen molar-refractivity contribution in [1.82, 2.24) is 20.1 Å². The lowest BCUT2D eigenvalue weighted by molar-refractivity contribution is 0.164. The van der Waals surface area contributed by atoms with E-state index in [4.69, 9.17) is 11.6 Å². The van der Waals surface area contributed by atoms with Crippen LogP contribution in [0.15, 0.2) is 18.3 Å². The molecule has 6 heteroatoms. The Hall–Kier alpha value is -1.20. The van der Waals surface area contributed by atoms with E-state index in [2.05, 4.69) is 15.5 Å². The van der Waals surface area contributed by atoms with Crippen LogP contribution in [0.2, 0.25) is 5.15 Å². The number of nitrogens with one attached hydrogen (secondary N) is 1. The van der Waals surface area contributed by atoms with Crippen molar-refractivity contribution < 1.29 is 4.39 Å². The Kier molecular flexibility index (Phi) is 3.18. The molecule has 2 aromatic rings. The molecule has 2 aromatic heterocycles. The quantitative estimate of drug-likeness (QED) is 0.906. The number of aromatic nitrogens is 3. The van der Waals surface area contributed by atoms with E-state index in [9.17, 15) is 4.39 Å². The van der Waals surface area contributed by atoms with Gasteiger partial charge < -0.3 is 9.88 Å². The third-order valence-corrected chi connectivity index (χ3v) is 3.64. The van der Waals surface area contributed by atoms with Crippen molar-refractivity contribution in [3.63, 3.8) is 0 Å². The van der Waals surface area contributed by atoms with Crippen LogP contribution in [0, 0.1) is 5.92 Å². The molecular weight excluding hydrogens is 255 g/mol. The Morgan fingerprint density at radius 3 is 3.22 bits per heavy atom. The second-order valence-corrected chi connectivity index (χ2v) is 5.07. The van der Waals surface area contributed by atoms with E-state index in [0.29, 0.717) is 18.2 Å². The molecule has 0 saturated carbocycles. The van der Waals surface area contributed by atoms with Crippen molar-refractivity contribution in [2.24, 2.45) is 5.92 Å². The van der Waals surface area contributed by atoms with Gasteiger partial charge in [0.2, 0.25) is 0 Å². The van der Waals surface area contributed by atoms with Gasteiger partial charge in [-0.3, -0.25) is 0 Å². The van der Waals surface area contributed by atoms with Crippen molar-refractivity contribution in [3.8, 4) is 0 Å². The van der Waals surface area contributed by atoms with Crippen molar-refractivity contribution in [2.45, 2.75) is 19.1 Å². The largest absolute Gasteiger partial charge is 0.331 e. The van der Waals surface area contributed by atoms with Crippen LogP contribution in [0.4, 0.5) is 4.39 Å². The molecule has 1 saturated heterocycles. The maximum atomic E-state index is 13.8. The van der Waals surface area contributed by atoms with Crippen LogP contribution in [0.25, 0.3) is 11.0 Å². The van der Waals surface area contributed by atoms with Gasteiger partial charge in [-0.05, 0) is 25.1 Å². The zero-order valence-electron chi connectivity index (χ0n) is 9.81. The summed E-state index contributed by atoms with van der Waals surface area (Å²) in [6, 6.07) is 3.71. The fraction of sp³-hybridized carbons (Fsp3) is 0.500. The average Bonchev–Trinajstić information content (AvgIpc) is 2.74. The molecule has 1 aliphatic rings. The fourth-order valence-corrected chi connectivity index (χ4v) is 2.60. The summed E-state index contributed by atoms with van der Waals surface area (Å²) in [7, 11) is 0. The molecule has 0 bridgehead atoms. The third-order valence-electron chi connectivity index (χ3n) is 3.45. The normalized spacial score (nSPS) is 24.6. The molecule has 1 aliphatic heterocycles. The van der Waals surface area contributed by atoms with Gasteiger partial charge in [0.15, 0.2) is 10.8 Å². The van der Waals surface area contributed by atoms with E-state index >= 15 is 0 Å². The summed E-state index contributed by atoms with van der Waals surface area (Å²) < 4.78 is 15.7. The van der Waals surface area contributed by atoms with Gasteiger partial charge in [-0.1, -0.05) is 11.6 Å². The topological polar surface area (TPSA) is 42.7 Å². The minimum Gasteiger partial charge on any atom is -0.331 e. The second-order valence-electron chi connectivity index (χ2n) is 4.68. The van der Waals surface area contributed by atoms with Gasteiger partial charge in [-0.15, -0.1) is 10.2 Å². The van der Waals surface area contributed by atoms with Crippen molar-refractivity contribution in [2.75, 3.05) is 13.1 Å². The molecule has 0 radical (unpaired) electrons. The zero-order valence-corrected chi connectivity index (χ0v) is 10.6. The highest BCUT2D eigenvalue weighted by Gasteiger charge is 2.25. The number of nitrogens with zero attached hydrogens (tertiary/aromatic N) is 3. The first kappa shape index (κ1) is 11.9. The standard InChI is InChI=1S/C12H14ClFN4/c13-11-5-8-2-4-18(12(8)17-16-11)7-9-1-3-15-6-10(9)14/h2,4-5,9-10,15H,1,3,6-7H2/t9-,10-/m0/s1. The number of hydrogen-bond donors (Lipinski definition) is 1. The van der Waals surface area contributed by atoms with Crippen LogP contribution in [0.3, 0.4) is 0 Å². The van der Waals surface area contributed by atoms with Crippen LogP contribution in [0.5, 0.6) is 0 Å². The molecule has 2 atom stereocenters. The number of halogens is 2. The molecule has 0 amide bonds. The Morgan fingerprint density at radius 1 is 1.50 bits per heavy atom. The lowest BCUT2D eigenvalue weighted by Gasteiger charge is -2.27. The molecule has 0 aliphatic carbocycles. The summed E-state index contributed by atoms with van der Waals surface area (Å²) in [5, 5.41) is 12.3. The van der Waals surface area contributed by atoms with Crippen LogP contribution < -0.4 is 5.32 Å². The van der Waals surface area contributed by atoms with E-state index in [0.717, 1.165) is 24.0 Å². The highest BCUT2D eigenvalue weighted by Crippen LogP contribution is 2.22. The number of fused-ring (bicyclic) bond motifs is 1. The second kappa shape index (κ2) is 4.82. The maximum absolute atomic E-state index is 13.8. The fourth-order valence-electron chi connectivity index (χ4n) is 2.44. The van der Waals surface area contributed by atoms with E-state index in [-0.39, 0.29) is 5.92 Å². The van der Waals surface area contributed by atoms with Gasteiger partial charge >= 0.3 is 0 Å². The maximum Gasteiger partial charge on any atom is 0.162 e. The smallest absolute Gasteiger partial charge is 0.162 e. The Morgan fingerprint density at radius 2 is 2.39 bits per heavy atom. The first-order chi connectivity index (χ1) is 8.74. The molecule has 96 valence electrons. The molecule has 3 heterocycles. The molecule has 3 rings (SSSR count). The SMILES string of the molecule is F[C@H]1CNCC[C@H]1Cn1ccc2cc(Cl)nnc21. The lowest BCUT2D eigenvalue weighted by Crippen LogP contribution is -2.39. The molecule has 0 unspecified atom stereocenters. The van der Waals surface area contributed by atoms with Crippen LogP contribution in [-0.4, -0.2) is 34.0 Å². The van der Waals surface area contributed by atoms with E-state index in [1.54, 1.807) is 6.07 Å². The lowest BCUT2D eigenvalue weighted by atomic mass is 9.96. The zero-order chi connectivity index (χ0) is 12.5. The third kappa shape index (κ3) is 2.20. The predicted molar refractivity (Wildman–Crippen MR) is 68.4 cm³/mol. The summed E-state index contributed by atoms with van der Waals surface area (Å²) in [5.74, 6) is 0.0410. The predicted octanol–water partition coefficient (Wildman–Crippen LogP) is 2.03. The van der Waals surface area contributed by atoms with Gasteiger partial charge in [-0.2, -0.15) is 0 Å². The number of piperidine rings is 1. The van der Waals surface area contributed by atoms with Gasteiger partial charge in [0.1, 0.15) is 6.17 Å². The van der Waals surface area contributed by atoms with Crippen LogP contribution in [-0.2, 0) is 6.54 Å². The monoisotopic (exact) mass is 268 g/mol. The molecule has 0 spiro atoms. The highest BCUT2D eigenvalue weighted by molar-refractivity contribution is 6.29. The number of hydrogen-bond acceptors (Lipinski definition) is 3. The van der Waals surface area contributed by atoms with Gasteiger partial charge in [-0.25, -0.2) is 4.39 Å². The summed E-state index contributed by atoms with van der Waals surface area (Å²) in [5.41, 5.74) is 0.769. The Labute approximate surface area is 109 Å². The number of rotatable bonds is 2. The minimum absolute atomic E-state index is 0.0410. The van der Waals surface area contributed by atoms with Gasteiger partial charge in [0.25, 0.3) is 0 Å². The Bertz CT molecular complexity index is 556. The van der Waals surface area contributed by atoms with E-state index in [1.807, 2.05) is 16.8 Å². The van der Waals surface area contributed by atoms with Gasteiger partial charge in [0, 0.05) is 30.6 Å². The summed E-state index contributed by atoms with van der Waals surface area (Å²) in [4.78, 5) is 0. The van der Waals surface area contributed by atoms with Crippen LogP contribution >= 0.6 is 11.6 Å². The minimum atomic E-state index is -0.795. The van der Waals surface area contributed by atoms with Crippen LogP contribution in [0.1, 0.15) is 6.42 Å². The molecular formula is C12H14ClFN4. The van der Waals surface area contributed by atoms with Crippen molar-refractivity contribution in [1.29, 1.82) is 0 Å². The molecule has 1 N–H and O–H groups in total. The van der Waals surface area contributed by atoms with Crippen molar-refractivity contribution >= 4 is 22.6 Å². The summed E-state index contributed by atoms with van der Waals surface area (Å²) in [6.07, 6.45) is 1.98. The molecule has 1 fully saturated rings. The number of alkyl halides is 1. The molecule has 18 heavy (non-hydrogen) atoms. The first-order valence-corrected chi connectivity index (χ1v) is 6.44. The molecule has 4 nitrogen and oxygen atoms in total. The van der Waals surface area contributed by atoms with E-state index in [1.165, 1.54) is 0 Å². The Balaban J connectivity index is 1.86. The summed E-state index contributed by atoms with van der Waals surface area (Å²) >= 11 is 5.79. The first-order valence-electron chi connectivity index (χ1n) is 6.07. The average molecular weight is 269 g/mol. The van der Waals surface area contributed by atoms with Gasteiger partial charge in [0.05, 0.1) is 0 Å². The van der Waals surface area contributed by atoms with E-state index < -0.39 is 6.17 Å². The highest BCUT2D eigenvalue weighted by atomic mass is 35.5. The molecule has 0 aromatic carbocycles. The van der Waals surface area contributed by atoms with Crippen molar-refractivity contribution in [3.05, 3.63) is 23.5 Å².